The summed E-state index contributed by atoms with van der Waals surface area (Å²) in [6.45, 7) is 10.0. The van der Waals surface area contributed by atoms with Crippen molar-refractivity contribution in [2.24, 2.45) is 16.2 Å². The fourth-order valence-corrected chi connectivity index (χ4v) is 4.85. The van der Waals surface area contributed by atoms with Gasteiger partial charge < -0.3 is 4.74 Å². The van der Waals surface area contributed by atoms with E-state index in [1.807, 2.05) is 0 Å². The fraction of sp³-hybridized carbons (Fsp3) is 0.812. The Morgan fingerprint density at radius 2 is 1.78 bits per heavy atom. The van der Waals surface area contributed by atoms with Crippen LogP contribution in [0.2, 0.25) is 0 Å². The van der Waals surface area contributed by atoms with Crippen LogP contribution in [0.4, 0.5) is 0 Å². The van der Waals surface area contributed by atoms with Gasteiger partial charge in [-0.1, -0.05) is 34.1 Å². The molecule has 2 nitrogen and oxygen atoms in total. The molecule has 0 aromatic rings. The molecule has 100 valence electrons. The van der Waals surface area contributed by atoms with E-state index in [0.29, 0.717) is 12.0 Å². The van der Waals surface area contributed by atoms with Crippen molar-refractivity contribution in [3.8, 4) is 0 Å². The minimum Gasteiger partial charge on any atom is -0.458 e. The van der Waals surface area contributed by atoms with Crippen LogP contribution in [-0.4, -0.2) is 12.6 Å². The van der Waals surface area contributed by atoms with Gasteiger partial charge in [0.25, 0.3) is 0 Å². The van der Waals surface area contributed by atoms with Crippen LogP contribution in [0.15, 0.2) is 11.1 Å². The monoisotopic (exact) mass is 248 g/mol. The van der Waals surface area contributed by atoms with Gasteiger partial charge in [0.1, 0.15) is 6.61 Å². The third-order valence-electron chi connectivity index (χ3n) is 6.60. The summed E-state index contributed by atoms with van der Waals surface area (Å²) in [6, 6.07) is 0. The maximum Gasteiger partial charge on any atom is 0.334 e. The van der Waals surface area contributed by atoms with E-state index in [1.54, 1.807) is 0 Å². The average molecular weight is 248 g/mol. The van der Waals surface area contributed by atoms with Crippen LogP contribution in [0.3, 0.4) is 0 Å². The van der Waals surface area contributed by atoms with Crippen molar-refractivity contribution in [1.29, 1.82) is 0 Å². The first-order chi connectivity index (χ1) is 8.32. The standard InChI is InChI=1S/C16H24O2/c1-14(2)7-5-8-15(3)12-11(10-18-13(12)17)6-9-16(14,15)4/h5-10H2,1-4H3/t15-,16+/m1/s1. The van der Waals surface area contributed by atoms with Crippen LogP contribution >= 0.6 is 0 Å². The third-order valence-corrected chi connectivity index (χ3v) is 6.60. The number of hydrogen-bond acceptors (Lipinski definition) is 2. The maximum atomic E-state index is 12.1. The third kappa shape index (κ3) is 1.22. The average Bonchev–Trinajstić information content (AvgIpc) is 2.65. The summed E-state index contributed by atoms with van der Waals surface area (Å²) in [5.74, 6) is -0.0314. The van der Waals surface area contributed by atoms with Crippen molar-refractivity contribution >= 4 is 5.97 Å². The number of fused-ring (bicyclic) bond motifs is 2. The van der Waals surface area contributed by atoms with E-state index in [1.165, 1.54) is 24.8 Å². The molecule has 0 bridgehead atoms. The van der Waals surface area contributed by atoms with Crippen molar-refractivity contribution in [1.82, 2.24) is 0 Å². The molecule has 3 aliphatic rings. The Hall–Kier alpha value is -0.790. The zero-order valence-corrected chi connectivity index (χ0v) is 12.1. The highest BCUT2D eigenvalue weighted by Gasteiger charge is 2.61. The normalized spacial score (nSPS) is 42.3. The van der Waals surface area contributed by atoms with Gasteiger partial charge in [0.2, 0.25) is 0 Å². The first kappa shape index (κ1) is 12.3. The van der Waals surface area contributed by atoms with Gasteiger partial charge in [0.05, 0.1) is 0 Å². The number of hydrogen-bond donors (Lipinski definition) is 0. The molecule has 3 rings (SSSR count). The molecule has 2 aliphatic carbocycles. The highest BCUT2D eigenvalue weighted by Crippen LogP contribution is 2.67. The number of esters is 1. The topological polar surface area (TPSA) is 26.3 Å². The zero-order valence-electron chi connectivity index (χ0n) is 12.1. The Kier molecular flexibility index (Phi) is 2.31. The molecule has 1 fully saturated rings. The smallest absolute Gasteiger partial charge is 0.334 e. The lowest BCUT2D eigenvalue weighted by Gasteiger charge is -2.61. The molecule has 0 saturated heterocycles. The molecular weight excluding hydrogens is 224 g/mol. The molecule has 0 spiro atoms. The van der Waals surface area contributed by atoms with Gasteiger partial charge in [-0.25, -0.2) is 4.79 Å². The van der Waals surface area contributed by atoms with E-state index < -0.39 is 0 Å². The van der Waals surface area contributed by atoms with E-state index in [2.05, 4.69) is 27.7 Å². The SMILES string of the molecule is CC1(C)CCC[C@]2(C)C3=C(CC[C@@]12C)COC3=O. The minimum absolute atomic E-state index is 0.0237. The molecule has 0 aromatic heterocycles. The molecule has 0 amide bonds. The molecule has 1 saturated carbocycles. The van der Waals surface area contributed by atoms with Crippen molar-refractivity contribution in [2.75, 3.05) is 6.61 Å². The summed E-state index contributed by atoms with van der Waals surface area (Å²) in [7, 11) is 0. The predicted octanol–water partition coefficient (Wildman–Crippen LogP) is 3.86. The Bertz CT molecular complexity index is 446. The summed E-state index contributed by atoms with van der Waals surface area (Å²) in [6.07, 6.45) is 5.89. The minimum atomic E-state index is -0.0314. The Balaban J connectivity index is 2.16. The largest absolute Gasteiger partial charge is 0.458 e. The second-order valence-corrected chi connectivity index (χ2v) is 7.46. The molecule has 1 heterocycles. The van der Waals surface area contributed by atoms with Crippen LogP contribution in [0.25, 0.3) is 0 Å². The molecule has 0 radical (unpaired) electrons. The molecule has 0 N–H and O–H groups in total. The van der Waals surface area contributed by atoms with Crippen molar-refractivity contribution < 1.29 is 9.53 Å². The van der Waals surface area contributed by atoms with Crippen LogP contribution in [0.5, 0.6) is 0 Å². The first-order valence-corrected chi connectivity index (χ1v) is 7.21. The van der Waals surface area contributed by atoms with E-state index in [-0.39, 0.29) is 16.8 Å². The highest BCUT2D eigenvalue weighted by molar-refractivity contribution is 5.93. The number of ether oxygens (including phenoxy) is 1. The highest BCUT2D eigenvalue weighted by atomic mass is 16.5. The van der Waals surface area contributed by atoms with Gasteiger partial charge in [0.15, 0.2) is 0 Å². The summed E-state index contributed by atoms with van der Waals surface area (Å²) in [5, 5.41) is 0. The molecule has 18 heavy (non-hydrogen) atoms. The van der Waals surface area contributed by atoms with Gasteiger partial charge in [-0.15, -0.1) is 0 Å². The van der Waals surface area contributed by atoms with E-state index in [4.69, 9.17) is 4.74 Å². The zero-order chi connectivity index (χ0) is 13.2. The van der Waals surface area contributed by atoms with Crippen LogP contribution in [0, 0.1) is 16.2 Å². The quantitative estimate of drug-likeness (QED) is 0.608. The Morgan fingerprint density at radius 1 is 1.06 bits per heavy atom. The van der Waals surface area contributed by atoms with Gasteiger partial charge in [-0.05, 0) is 42.1 Å². The van der Waals surface area contributed by atoms with Crippen LogP contribution in [0.1, 0.15) is 59.8 Å². The lowest BCUT2D eigenvalue weighted by molar-refractivity contribution is -0.141. The lowest BCUT2D eigenvalue weighted by Crippen LogP contribution is -2.54. The lowest BCUT2D eigenvalue weighted by atomic mass is 9.42. The molecule has 0 aromatic carbocycles. The predicted molar refractivity (Wildman–Crippen MR) is 71.1 cm³/mol. The molecular formula is C16H24O2. The van der Waals surface area contributed by atoms with Gasteiger partial charge in [-0.2, -0.15) is 0 Å². The van der Waals surface area contributed by atoms with Crippen molar-refractivity contribution in [3.05, 3.63) is 11.1 Å². The molecule has 1 aliphatic heterocycles. The van der Waals surface area contributed by atoms with Gasteiger partial charge in [-0.3, -0.25) is 0 Å². The number of carbonyl (C=O) groups excluding carboxylic acids is 1. The maximum absolute atomic E-state index is 12.1. The Labute approximate surface area is 110 Å². The first-order valence-electron chi connectivity index (χ1n) is 7.21. The van der Waals surface area contributed by atoms with Gasteiger partial charge in [0, 0.05) is 11.0 Å². The van der Waals surface area contributed by atoms with Crippen LogP contribution < -0.4 is 0 Å². The number of carbonyl (C=O) groups is 1. The summed E-state index contributed by atoms with van der Waals surface area (Å²) in [5.41, 5.74) is 2.89. The Morgan fingerprint density at radius 3 is 2.50 bits per heavy atom. The number of rotatable bonds is 0. The van der Waals surface area contributed by atoms with Gasteiger partial charge >= 0.3 is 5.97 Å². The number of cyclic esters (lactones) is 1. The molecule has 2 heteroatoms. The van der Waals surface area contributed by atoms with E-state index >= 15 is 0 Å². The second-order valence-electron chi connectivity index (χ2n) is 7.46. The second kappa shape index (κ2) is 3.40. The summed E-state index contributed by atoms with van der Waals surface area (Å²) in [4.78, 5) is 12.1. The van der Waals surface area contributed by atoms with Crippen LogP contribution in [-0.2, 0) is 9.53 Å². The van der Waals surface area contributed by atoms with Crippen molar-refractivity contribution in [2.45, 2.75) is 59.8 Å². The molecule has 2 atom stereocenters. The summed E-state index contributed by atoms with van der Waals surface area (Å²) < 4.78 is 5.31. The summed E-state index contributed by atoms with van der Waals surface area (Å²) >= 11 is 0. The molecule has 0 unspecified atom stereocenters. The van der Waals surface area contributed by atoms with E-state index in [0.717, 1.165) is 18.4 Å². The van der Waals surface area contributed by atoms with E-state index in [9.17, 15) is 4.79 Å². The fourth-order valence-electron chi connectivity index (χ4n) is 4.85. The van der Waals surface area contributed by atoms with Crippen molar-refractivity contribution in [3.63, 3.8) is 0 Å².